The second kappa shape index (κ2) is 7.62. The summed E-state index contributed by atoms with van der Waals surface area (Å²) < 4.78 is 5.46. The minimum absolute atomic E-state index is 0.287. The van der Waals surface area contributed by atoms with E-state index < -0.39 is 0 Å². The summed E-state index contributed by atoms with van der Waals surface area (Å²) in [5, 5.41) is 0.536. The Morgan fingerprint density at radius 2 is 1.78 bits per heavy atom. The molecule has 4 heteroatoms. The Bertz CT molecular complexity index is 681. The highest BCUT2D eigenvalue weighted by Crippen LogP contribution is 2.18. The van der Waals surface area contributed by atoms with Gasteiger partial charge in [0.05, 0.1) is 5.56 Å². The molecule has 0 aromatic heterocycles. The van der Waals surface area contributed by atoms with E-state index in [1.807, 2.05) is 18.2 Å². The van der Waals surface area contributed by atoms with Crippen LogP contribution in [-0.2, 0) is 17.9 Å². The lowest BCUT2D eigenvalue weighted by Gasteiger charge is -2.17. The number of ether oxygens (including phenoxy) is 1. The van der Waals surface area contributed by atoms with Crippen LogP contribution in [0.15, 0.2) is 48.5 Å². The summed E-state index contributed by atoms with van der Waals surface area (Å²) in [5.74, 6) is -0.344. The standard InChI is InChI=1S/C19H20ClNO2/c20-18-9-5-8-15(12-18)19(22)23-14-17-7-2-1-6-16(17)13-21-10-3-4-11-21/h1-2,5-9,12H,3-4,10-11,13-14H2. The van der Waals surface area contributed by atoms with Crippen molar-refractivity contribution in [1.29, 1.82) is 0 Å². The molecule has 0 radical (unpaired) electrons. The number of hydrogen-bond acceptors (Lipinski definition) is 3. The van der Waals surface area contributed by atoms with Crippen LogP contribution in [0.2, 0.25) is 5.02 Å². The summed E-state index contributed by atoms with van der Waals surface area (Å²) in [6.45, 7) is 3.51. The Hall–Kier alpha value is -1.84. The molecule has 1 saturated heterocycles. The molecule has 0 unspecified atom stereocenters. The van der Waals surface area contributed by atoms with Gasteiger partial charge < -0.3 is 4.74 Å². The highest BCUT2D eigenvalue weighted by Gasteiger charge is 2.14. The lowest BCUT2D eigenvalue weighted by atomic mass is 10.1. The molecule has 0 amide bonds. The van der Waals surface area contributed by atoms with Crippen molar-refractivity contribution in [2.24, 2.45) is 0 Å². The molecular formula is C19H20ClNO2. The van der Waals surface area contributed by atoms with E-state index in [0.29, 0.717) is 10.6 Å². The number of halogens is 1. The van der Waals surface area contributed by atoms with Crippen LogP contribution in [-0.4, -0.2) is 24.0 Å². The van der Waals surface area contributed by atoms with Gasteiger partial charge in [0.1, 0.15) is 6.61 Å². The predicted octanol–water partition coefficient (Wildman–Crippen LogP) is 4.29. The highest BCUT2D eigenvalue weighted by atomic mass is 35.5. The van der Waals surface area contributed by atoms with Gasteiger partial charge >= 0.3 is 5.97 Å². The zero-order valence-corrected chi connectivity index (χ0v) is 13.8. The minimum atomic E-state index is -0.344. The third-order valence-corrected chi connectivity index (χ3v) is 4.37. The number of carbonyl (C=O) groups is 1. The monoisotopic (exact) mass is 329 g/mol. The highest BCUT2D eigenvalue weighted by molar-refractivity contribution is 6.30. The van der Waals surface area contributed by atoms with Gasteiger partial charge in [0.2, 0.25) is 0 Å². The maximum atomic E-state index is 12.1. The van der Waals surface area contributed by atoms with E-state index in [9.17, 15) is 4.79 Å². The normalized spacial score (nSPS) is 14.8. The van der Waals surface area contributed by atoms with Crippen molar-refractivity contribution in [2.45, 2.75) is 26.0 Å². The zero-order valence-electron chi connectivity index (χ0n) is 13.0. The third kappa shape index (κ3) is 4.34. The Balaban J connectivity index is 1.64. The van der Waals surface area contributed by atoms with Crippen molar-refractivity contribution >= 4 is 17.6 Å². The smallest absolute Gasteiger partial charge is 0.338 e. The van der Waals surface area contributed by atoms with Crippen LogP contribution < -0.4 is 0 Å². The molecule has 3 nitrogen and oxygen atoms in total. The van der Waals surface area contributed by atoms with Crippen LogP contribution in [0.25, 0.3) is 0 Å². The van der Waals surface area contributed by atoms with Crippen molar-refractivity contribution in [3.8, 4) is 0 Å². The van der Waals surface area contributed by atoms with Crippen LogP contribution in [0, 0.1) is 0 Å². The first-order valence-corrected chi connectivity index (χ1v) is 8.32. The number of carbonyl (C=O) groups excluding carboxylic acids is 1. The molecule has 0 aliphatic carbocycles. The molecule has 3 rings (SSSR count). The molecule has 0 spiro atoms. The molecule has 0 bridgehead atoms. The fourth-order valence-corrected chi connectivity index (χ4v) is 3.07. The molecule has 1 fully saturated rings. The third-order valence-electron chi connectivity index (χ3n) is 4.13. The molecule has 0 atom stereocenters. The summed E-state index contributed by atoms with van der Waals surface area (Å²) in [7, 11) is 0. The molecule has 2 aromatic rings. The van der Waals surface area contributed by atoms with Crippen LogP contribution in [0.1, 0.15) is 34.3 Å². The lowest BCUT2D eigenvalue weighted by Crippen LogP contribution is -2.19. The van der Waals surface area contributed by atoms with Crippen molar-refractivity contribution in [3.05, 3.63) is 70.2 Å². The molecule has 1 aliphatic rings. The number of benzene rings is 2. The van der Waals surface area contributed by atoms with Crippen molar-refractivity contribution < 1.29 is 9.53 Å². The molecule has 1 heterocycles. The SMILES string of the molecule is O=C(OCc1ccccc1CN1CCCC1)c1cccc(Cl)c1. The number of nitrogens with zero attached hydrogens (tertiary/aromatic N) is 1. The Labute approximate surface area is 141 Å². The fraction of sp³-hybridized carbons (Fsp3) is 0.316. The first-order valence-electron chi connectivity index (χ1n) is 7.94. The van der Waals surface area contributed by atoms with Gasteiger partial charge in [-0.05, 0) is 55.3 Å². The van der Waals surface area contributed by atoms with E-state index >= 15 is 0 Å². The van der Waals surface area contributed by atoms with Crippen LogP contribution in [0.5, 0.6) is 0 Å². The molecular weight excluding hydrogens is 310 g/mol. The fourth-order valence-electron chi connectivity index (χ4n) is 2.88. The predicted molar refractivity (Wildman–Crippen MR) is 91.5 cm³/mol. The van der Waals surface area contributed by atoms with E-state index in [-0.39, 0.29) is 12.6 Å². The van der Waals surface area contributed by atoms with Gasteiger partial charge in [-0.2, -0.15) is 0 Å². The van der Waals surface area contributed by atoms with Crippen LogP contribution in [0.4, 0.5) is 0 Å². The van der Waals surface area contributed by atoms with E-state index in [4.69, 9.17) is 16.3 Å². The second-order valence-electron chi connectivity index (χ2n) is 5.84. The van der Waals surface area contributed by atoms with E-state index in [0.717, 1.165) is 25.2 Å². The summed E-state index contributed by atoms with van der Waals surface area (Å²) in [5.41, 5.74) is 2.78. The first-order chi connectivity index (χ1) is 11.2. The van der Waals surface area contributed by atoms with Crippen molar-refractivity contribution in [2.75, 3.05) is 13.1 Å². The number of esters is 1. The van der Waals surface area contributed by atoms with Gasteiger partial charge in [-0.3, -0.25) is 4.90 Å². The van der Waals surface area contributed by atoms with Crippen LogP contribution in [0.3, 0.4) is 0 Å². The van der Waals surface area contributed by atoms with Gasteiger partial charge in [0.25, 0.3) is 0 Å². The first kappa shape index (κ1) is 16.0. The minimum Gasteiger partial charge on any atom is -0.457 e. The summed E-state index contributed by atoms with van der Waals surface area (Å²) in [6.07, 6.45) is 2.54. The number of rotatable bonds is 5. The quantitative estimate of drug-likeness (QED) is 0.766. The molecule has 120 valence electrons. The maximum Gasteiger partial charge on any atom is 0.338 e. The summed E-state index contributed by atoms with van der Waals surface area (Å²) in [4.78, 5) is 14.6. The Morgan fingerprint density at radius 1 is 1.04 bits per heavy atom. The average Bonchev–Trinajstić information content (AvgIpc) is 3.07. The largest absolute Gasteiger partial charge is 0.457 e. The van der Waals surface area contributed by atoms with Gasteiger partial charge in [0.15, 0.2) is 0 Å². The van der Waals surface area contributed by atoms with Crippen molar-refractivity contribution in [1.82, 2.24) is 4.90 Å². The zero-order chi connectivity index (χ0) is 16.1. The maximum absolute atomic E-state index is 12.1. The van der Waals surface area contributed by atoms with Gasteiger partial charge in [0, 0.05) is 11.6 Å². The van der Waals surface area contributed by atoms with E-state index in [1.165, 1.54) is 18.4 Å². The average molecular weight is 330 g/mol. The van der Waals surface area contributed by atoms with E-state index in [1.54, 1.807) is 24.3 Å². The van der Waals surface area contributed by atoms with Crippen molar-refractivity contribution in [3.63, 3.8) is 0 Å². The summed E-state index contributed by atoms with van der Waals surface area (Å²) in [6, 6.07) is 15.0. The van der Waals surface area contributed by atoms with Gasteiger partial charge in [-0.15, -0.1) is 0 Å². The molecule has 2 aromatic carbocycles. The van der Waals surface area contributed by atoms with E-state index in [2.05, 4.69) is 11.0 Å². The van der Waals surface area contributed by atoms with Gasteiger partial charge in [-0.1, -0.05) is 41.9 Å². The number of likely N-dealkylation sites (tertiary alicyclic amines) is 1. The Kier molecular flexibility index (Phi) is 5.31. The van der Waals surface area contributed by atoms with Gasteiger partial charge in [-0.25, -0.2) is 4.79 Å². The molecule has 23 heavy (non-hydrogen) atoms. The molecule has 0 N–H and O–H groups in total. The Morgan fingerprint density at radius 3 is 2.52 bits per heavy atom. The van der Waals surface area contributed by atoms with Crippen LogP contribution >= 0.6 is 11.6 Å². The molecule has 0 saturated carbocycles. The number of hydrogen-bond donors (Lipinski definition) is 0. The lowest BCUT2D eigenvalue weighted by molar-refractivity contribution is 0.0471. The topological polar surface area (TPSA) is 29.5 Å². The summed E-state index contributed by atoms with van der Waals surface area (Å²) >= 11 is 5.91. The second-order valence-corrected chi connectivity index (χ2v) is 6.27. The molecule has 1 aliphatic heterocycles.